The Morgan fingerprint density at radius 3 is 2.57 bits per heavy atom. The van der Waals surface area contributed by atoms with Gasteiger partial charge in [0.1, 0.15) is 5.82 Å². The van der Waals surface area contributed by atoms with Crippen LogP contribution in [0.4, 0.5) is 13.2 Å². The van der Waals surface area contributed by atoms with Gasteiger partial charge in [0.05, 0.1) is 0 Å². The van der Waals surface area contributed by atoms with Crippen molar-refractivity contribution in [1.29, 1.82) is 0 Å². The summed E-state index contributed by atoms with van der Waals surface area (Å²) in [5.74, 6) is 0.0272. The van der Waals surface area contributed by atoms with Gasteiger partial charge in [0.15, 0.2) is 5.82 Å². The molecule has 0 radical (unpaired) electrons. The number of aromatic nitrogens is 3. The molecule has 1 saturated carbocycles. The predicted octanol–water partition coefficient (Wildman–Crippen LogP) is 1.28. The van der Waals surface area contributed by atoms with Crippen molar-refractivity contribution in [1.82, 2.24) is 15.2 Å². The lowest BCUT2D eigenvalue weighted by atomic mass is 10.3. The molecule has 4 nitrogen and oxygen atoms in total. The first-order valence-electron chi connectivity index (χ1n) is 4.15. The van der Waals surface area contributed by atoms with Crippen LogP contribution in [0.25, 0.3) is 0 Å². The number of aliphatic hydroxyl groups is 1. The van der Waals surface area contributed by atoms with E-state index in [0.717, 1.165) is 12.8 Å². The second-order valence-corrected chi connectivity index (χ2v) is 3.30. The van der Waals surface area contributed by atoms with Crippen LogP contribution in [-0.2, 0) is 0 Å². The predicted molar refractivity (Wildman–Crippen MR) is 39.4 cm³/mol. The zero-order valence-electron chi connectivity index (χ0n) is 7.04. The maximum Gasteiger partial charge on any atom is 0.421 e. The van der Waals surface area contributed by atoms with Crippen LogP contribution in [0.3, 0.4) is 0 Å². The topological polar surface area (TPSA) is 61.8 Å². The summed E-state index contributed by atoms with van der Waals surface area (Å²) in [7, 11) is 0. The maximum absolute atomic E-state index is 12.0. The summed E-state index contributed by atoms with van der Waals surface area (Å²) in [6, 6.07) is 0. The molecule has 0 saturated heterocycles. The van der Waals surface area contributed by atoms with Crippen LogP contribution in [-0.4, -0.2) is 26.5 Å². The molecule has 1 atom stereocenters. The molecule has 2 N–H and O–H groups in total. The van der Waals surface area contributed by atoms with E-state index in [2.05, 4.69) is 15.2 Å². The fourth-order valence-corrected chi connectivity index (χ4v) is 1.10. The molecule has 1 aliphatic carbocycles. The summed E-state index contributed by atoms with van der Waals surface area (Å²) in [6.07, 6.45) is -5.47. The first-order valence-corrected chi connectivity index (χ1v) is 4.15. The van der Waals surface area contributed by atoms with Crippen LogP contribution in [0.15, 0.2) is 0 Å². The van der Waals surface area contributed by atoms with E-state index in [9.17, 15) is 13.2 Å². The third-order valence-corrected chi connectivity index (χ3v) is 2.04. The van der Waals surface area contributed by atoms with Crippen LogP contribution in [0.2, 0.25) is 0 Å². The average Bonchev–Trinajstić information content (AvgIpc) is 2.82. The molecule has 78 valence electrons. The smallest absolute Gasteiger partial charge is 0.377 e. The molecule has 0 aromatic carbocycles. The summed E-state index contributed by atoms with van der Waals surface area (Å²) >= 11 is 0. The molecule has 0 unspecified atom stereocenters. The Morgan fingerprint density at radius 1 is 1.43 bits per heavy atom. The number of aromatic amines is 1. The fourth-order valence-electron chi connectivity index (χ4n) is 1.10. The highest BCUT2D eigenvalue weighted by Gasteiger charge is 2.42. The van der Waals surface area contributed by atoms with Gasteiger partial charge in [-0.1, -0.05) is 0 Å². The number of hydrogen-bond donors (Lipinski definition) is 2. The minimum atomic E-state index is -4.71. The second kappa shape index (κ2) is 2.94. The van der Waals surface area contributed by atoms with Gasteiger partial charge in [-0.2, -0.15) is 18.3 Å². The van der Waals surface area contributed by atoms with Crippen molar-refractivity contribution >= 4 is 0 Å². The molecule has 0 aliphatic heterocycles. The van der Waals surface area contributed by atoms with E-state index in [0.29, 0.717) is 5.82 Å². The lowest BCUT2D eigenvalue weighted by Gasteiger charge is -2.09. The van der Waals surface area contributed by atoms with E-state index in [-0.39, 0.29) is 5.92 Å². The molecule has 0 spiro atoms. The Bertz CT molecular complexity index is 331. The maximum atomic E-state index is 12.0. The highest BCUT2D eigenvalue weighted by atomic mass is 19.4. The molecule has 2 rings (SSSR count). The van der Waals surface area contributed by atoms with E-state index in [1.807, 2.05) is 0 Å². The number of H-pyrrole nitrogens is 1. The quantitative estimate of drug-likeness (QED) is 0.767. The van der Waals surface area contributed by atoms with Gasteiger partial charge in [-0.3, -0.25) is 5.10 Å². The van der Waals surface area contributed by atoms with Crippen LogP contribution >= 0.6 is 0 Å². The molecule has 1 aliphatic rings. The van der Waals surface area contributed by atoms with Crippen molar-refractivity contribution in [2.45, 2.75) is 31.0 Å². The van der Waals surface area contributed by atoms with Gasteiger partial charge in [0.25, 0.3) is 0 Å². The molecule has 14 heavy (non-hydrogen) atoms. The van der Waals surface area contributed by atoms with Crippen molar-refractivity contribution in [3.63, 3.8) is 0 Å². The monoisotopic (exact) mass is 207 g/mol. The third kappa shape index (κ3) is 1.72. The first kappa shape index (κ1) is 9.45. The van der Waals surface area contributed by atoms with Crippen molar-refractivity contribution in [3.8, 4) is 0 Å². The number of halogens is 3. The molecule has 7 heteroatoms. The van der Waals surface area contributed by atoms with Crippen molar-refractivity contribution in [2.75, 3.05) is 0 Å². The largest absolute Gasteiger partial charge is 0.421 e. The Morgan fingerprint density at radius 2 is 2.07 bits per heavy atom. The Balaban J connectivity index is 2.15. The number of rotatable bonds is 2. The van der Waals surface area contributed by atoms with E-state index in [1.54, 1.807) is 0 Å². The van der Waals surface area contributed by atoms with Crippen molar-refractivity contribution in [2.24, 2.45) is 0 Å². The Labute approximate surface area is 77.2 Å². The molecule has 1 aromatic heterocycles. The van der Waals surface area contributed by atoms with E-state index in [1.165, 1.54) is 0 Å². The highest BCUT2D eigenvalue weighted by Crippen LogP contribution is 2.39. The van der Waals surface area contributed by atoms with Gasteiger partial charge in [0.2, 0.25) is 6.10 Å². The summed E-state index contributed by atoms with van der Waals surface area (Å²) in [6.45, 7) is 0. The molecule has 1 aromatic rings. The van der Waals surface area contributed by atoms with Crippen LogP contribution < -0.4 is 0 Å². The zero-order valence-corrected chi connectivity index (χ0v) is 7.04. The second-order valence-electron chi connectivity index (χ2n) is 3.30. The average molecular weight is 207 g/mol. The Kier molecular flexibility index (Phi) is 1.99. The van der Waals surface area contributed by atoms with Gasteiger partial charge in [-0.05, 0) is 12.8 Å². The highest BCUT2D eigenvalue weighted by molar-refractivity contribution is 5.06. The lowest BCUT2D eigenvalue weighted by Crippen LogP contribution is -2.21. The van der Waals surface area contributed by atoms with Gasteiger partial charge in [0, 0.05) is 5.92 Å². The van der Waals surface area contributed by atoms with Gasteiger partial charge >= 0.3 is 6.18 Å². The number of hydrogen-bond acceptors (Lipinski definition) is 3. The lowest BCUT2D eigenvalue weighted by molar-refractivity contribution is -0.209. The van der Waals surface area contributed by atoms with Gasteiger partial charge in [-0.15, -0.1) is 0 Å². The van der Waals surface area contributed by atoms with E-state index in [4.69, 9.17) is 5.11 Å². The number of nitrogens with one attached hydrogen (secondary N) is 1. The number of nitrogens with zero attached hydrogens (tertiary/aromatic N) is 2. The molecule has 0 bridgehead atoms. The molecule has 1 fully saturated rings. The van der Waals surface area contributed by atoms with E-state index >= 15 is 0 Å². The summed E-state index contributed by atoms with van der Waals surface area (Å²) in [4.78, 5) is 3.60. The van der Waals surface area contributed by atoms with Gasteiger partial charge < -0.3 is 5.11 Å². The van der Waals surface area contributed by atoms with E-state index < -0.39 is 18.1 Å². The summed E-state index contributed by atoms with van der Waals surface area (Å²) < 4.78 is 36.1. The molecule has 0 amide bonds. The summed E-state index contributed by atoms with van der Waals surface area (Å²) in [5.41, 5.74) is 0. The minimum absolute atomic E-state index is 0.191. The number of alkyl halides is 3. The molecular formula is C7H8F3N3O. The van der Waals surface area contributed by atoms with Crippen LogP contribution in [0, 0.1) is 0 Å². The SMILES string of the molecule is O[C@H](c1n[nH]c(C2CC2)n1)C(F)(F)F. The van der Waals surface area contributed by atoms with Crippen molar-refractivity contribution in [3.05, 3.63) is 11.6 Å². The third-order valence-electron chi connectivity index (χ3n) is 2.04. The normalized spacial score (nSPS) is 19.7. The number of aliphatic hydroxyl groups excluding tert-OH is 1. The molecular weight excluding hydrogens is 199 g/mol. The van der Waals surface area contributed by atoms with Crippen LogP contribution in [0.5, 0.6) is 0 Å². The standard InChI is InChI=1S/C7H8F3N3O/c8-7(9,10)4(14)6-11-5(12-13-6)3-1-2-3/h3-4,14H,1-2H2,(H,11,12,13)/t4-/m1/s1. The molecule has 1 heterocycles. The Hall–Kier alpha value is -1.11. The van der Waals surface area contributed by atoms with Crippen molar-refractivity contribution < 1.29 is 18.3 Å². The first-order chi connectivity index (χ1) is 6.48. The van der Waals surface area contributed by atoms with Gasteiger partial charge in [-0.25, -0.2) is 4.98 Å². The zero-order chi connectivity index (χ0) is 10.3. The summed E-state index contributed by atoms with van der Waals surface area (Å²) in [5, 5.41) is 14.5. The van der Waals surface area contributed by atoms with Crippen LogP contribution in [0.1, 0.15) is 36.5 Å². The fraction of sp³-hybridized carbons (Fsp3) is 0.714. The minimum Gasteiger partial charge on any atom is -0.377 e.